The van der Waals surface area contributed by atoms with E-state index in [1.165, 1.54) is 18.2 Å². The lowest BCUT2D eigenvalue weighted by Gasteiger charge is -2.14. The zero-order valence-electron chi connectivity index (χ0n) is 10.9. The number of alkyl halides is 2. The third kappa shape index (κ3) is 4.29. The molecule has 5 nitrogen and oxygen atoms in total. The fraction of sp³-hybridized carbons (Fsp3) is 0.385. The van der Waals surface area contributed by atoms with Crippen molar-refractivity contribution in [3.63, 3.8) is 0 Å². The van der Waals surface area contributed by atoms with Crippen molar-refractivity contribution in [2.75, 3.05) is 0 Å². The van der Waals surface area contributed by atoms with E-state index in [1.807, 2.05) is 0 Å². The van der Waals surface area contributed by atoms with E-state index in [0.29, 0.717) is 23.4 Å². The number of nitrogens with one attached hydrogen (secondary N) is 2. The number of hydrogen-bond donors (Lipinski definition) is 2. The molecule has 2 rings (SSSR count). The first kappa shape index (κ1) is 15.5. The molecule has 0 aliphatic carbocycles. The van der Waals surface area contributed by atoms with Gasteiger partial charge < -0.3 is 15.4 Å². The molecule has 0 unspecified atom stereocenters. The minimum atomic E-state index is -2.96. The summed E-state index contributed by atoms with van der Waals surface area (Å²) in [6, 6.07) is 3.58. The molecule has 21 heavy (non-hydrogen) atoms. The van der Waals surface area contributed by atoms with E-state index in [9.17, 15) is 18.4 Å². The van der Waals surface area contributed by atoms with Crippen LogP contribution in [-0.2, 0) is 16.1 Å². The number of ether oxygens (including phenoxy) is 1. The molecular formula is C13H13ClF2N2O3. The number of hydrogen-bond acceptors (Lipinski definition) is 3. The number of rotatable bonds is 5. The van der Waals surface area contributed by atoms with Crippen molar-refractivity contribution in [2.45, 2.75) is 32.0 Å². The molecular weight excluding hydrogens is 306 g/mol. The molecule has 0 bridgehead atoms. The van der Waals surface area contributed by atoms with Crippen LogP contribution in [0.1, 0.15) is 18.4 Å². The van der Waals surface area contributed by atoms with E-state index < -0.39 is 12.7 Å². The second-order valence-corrected chi connectivity index (χ2v) is 4.94. The van der Waals surface area contributed by atoms with Gasteiger partial charge in [-0.15, -0.1) is 0 Å². The first-order valence-electron chi connectivity index (χ1n) is 6.26. The van der Waals surface area contributed by atoms with Gasteiger partial charge in [-0.3, -0.25) is 9.59 Å². The van der Waals surface area contributed by atoms with Crippen LogP contribution >= 0.6 is 11.6 Å². The molecule has 0 spiro atoms. The molecule has 1 aliphatic heterocycles. The van der Waals surface area contributed by atoms with Gasteiger partial charge in [0.15, 0.2) is 0 Å². The maximum atomic E-state index is 12.3. The van der Waals surface area contributed by atoms with Crippen LogP contribution < -0.4 is 15.4 Å². The van der Waals surface area contributed by atoms with E-state index in [-0.39, 0.29) is 24.1 Å². The van der Waals surface area contributed by atoms with Gasteiger partial charge >= 0.3 is 6.61 Å². The highest BCUT2D eigenvalue weighted by Crippen LogP contribution is 2.24. The van der Waals surface area contributed by atoms with E-state index in [0.717, 1.165) is 0 Å². The average molecular weight is 319 g/mol. The molecule has 2 N–H and O–H groups in total. The summed E-state index contributed by atoms with van der Waals surface area (Å²) in [5.74, 6) is -0.603. The normalized spacial score (nSPS) is 17.7. The lowest BCUT2D eigenvalue weighted by atomic mass is 10.1. The molecule has 2 amide bonds. The van der Waals surface area contributed by atoms with Gasteiger partial charge in [0.2, 0.25) is 11.8 Å². The minimum Gasteiger partial charge on any atom is -0.434 e. The topological polar surface area (TPSA) is 67.4 Å². The highest BCUT2D eigenvalue weighted by molar-refractivity contribution is 6.30. The van der Waals surface area contributed by atoms with Crippen molar-refractivity contribution < 1.29 is 23.1 Å². The molecule has 0 radical (unpaired) electrons. The Morgan fingerprint density at radius 1 is 1.52 bits per heavy atom. The third-order valence-electron chi connectivity index (χ3n) is 3.00. The van der Waals surface area contributed by atoms with Gasteiger partial charge in [-0.1, -0.05) is 11.6 Å². The van der Waals surface area contributed by atoms with Crippen LogP contribution in [-0.4, -0.2) is 24.5 Å². The summed E-state index contributed by atoms with van der Waals surface area (Å²) in [7, 11) is 0. The smallest absolute Gasteiger partial charge is 0.387 e. The van der Waals surface area contributed by atoms with Gasteiger partial charge in [0.25, 0.3) is 0 Å². The van der Waals surface area contributed by atoms with Gasteiger partial charge in [-0.05, 0) is 24.6 Å². The van der Waals surface area contributed by atoms with Gasteiger partial charge in [-0.25, -0.2) is 0 Å². The highest BCUT2D eigenvalue weighted by Gasteiger charge is 2.27. The van der Waals surface area contributed by atoms with Crippen molar-refractivity contribution in [1.29, 1.82) is 0 Å². The van der Waals surface area contributed by atoms with Crippen LogP contribution in [0.4, 0.5) is 8.78 Å². The summed E-state index contributed by atoms with van der Waals surface area (Å²) in [5, 5.41) is 5.43. The first-order valence-corrected chi connectivity index (χ1v) is 6.64. The van der Waals surface area contributed by atoms with E-state index >= 15 is 0 Å². The third-order valence-corrected chi connectivity index (χ3v) is 3.24. The Hall–Kier alpha value is -1.89. The molecule has 1 saturated heterocycles. The molecule has 8 heteroatoms. The summed E-state index contributed by atoms with van der Waals surface area (Å²) in [6.45, 7) is -2.98. The fourth-order valence-corrected chi connectivity index (χ4v) is 2.21. The summed E-state index contributed by atoms with van der Waals surface area (Å²) < 4.78 is 29.0. The van der Waals surface area contributed by atoms with Crippen LogP contribution in [0, 0.1) is 0 Å². The molecule has 1 fully saturated rings. The maximum absolute atomic E-state index is 12.3. The predicted octanol–water partition coefficient (Wildman–Crippen LogP) is 1.84. The van der Waals surface area contributed by atoms with E-state index in [2.05, 4.69) is 15.4 Å². The fourth-order valence-electron chi connectivity index (χ4n) is 2.01. The lowest BCUT2D eigenvalue weighted by molar-refractivity contribution is -0.125. The lowest BCUT2D eigenvalue weighted by Crippen LogP contribution is -2.41. The molecule has 0 aromatic heterocycles. The van der Waals surface area contributed by atoms with Crippen molar-refractivity contribution in [2.24, 2.45) is 0 Å². The summed E-state index contributed by atoms with van der Waals surface area (Å²) in [5.41, 5.74) is 0.334. The number of amides is 2. The monoisotopic (exact) mass is 318 g/mol. The number of carbonyl (C=O) groups is 2. The Labute approximate surface area is 124 Å². The molecule has 1 aliphatic rings. The Kier molecular flexibility index (Phi) is 4.95. The predicted molar refractivity (Wildman–Crippen MR) is 71.1 cm³/mol. The SMILES string of the molecule is O=C1CC[C@@H](C(=O)NCc2cc(Cl)ccc2OC(F)F)N1. The van der Waals surface area contributed by atoms with Crippen molar-refractivity contribution >= 4 is 23.4 Å². The Morgan fingerprint density at radius 3 is 2.90 bits per heavy atom. The summed E-state index contributed by atoms with van der Waals surface area (Å²) in [4.78, 5) is 22.9. The Morgan fingerprint density at radius 2 is 2.29 bits per heavy atom. The zero-order valence-corrected chi connectivity index (χ0v) is 11.6. The van der Waals surface area contributed by atoms with Crippen molar-refractivity contribution in [3.8, 4) is 5.75 Å². The molecule has 1 aromatic rings. The number of halogens is 3. The number of carbonyl (C=O) groups excluding carboxylic acids is 2. The molecule has 1 atom stereocenters. The van der Waals surface area contributed by atoms with Gasteiger partial charge in [0, 0.05) is 23.6 Å². The van der Waals surface area contributed by atoms with Crippen molar-refractivity contribution in [3.05, 3.63) is 28.8 Å². The minimum absolute atomic E-state index is 0.0200. The maximum Gasteiger partial charge on any atom is 0.387 e. The Bertz CT molecular complexity index is 554. The quantitative estimate of drug-likeness (QED) is 0.870. The molecule has 0 saturated carbocycles. The zero-order chi connectivity index (χ0) is 15.4. The number of benzene rings is 1. The molecule has 1 aromatic carbocycles. The largest absolute Gasteiger partial charge is 0.434 e. The van der Waals surface area contributed by atoms with Crippen LogP contribution in [0.2, 0.25) is 5.02 Å². The molecule has 114 valence electrons. The average Bonchev–Trinajstić information content (AvgIpc) is 2.85. The second kappa shape index (κ2) is 6.71. The first-order chi connectivity index (χ1) is 9.95. The summed E-state index contributed by atoms with van der Waals surface area (Å²) >= 11 is 5.80. The van der Waals surface area contributed by atoms with Gasteiger partial charge in [0.1, 0.15) is 11.8 Å². The summed E-state index contributed by atoms with van der Waals surface area (Å²) in [6.07, 6.45) is 0.718. The van der Waals surface area contributed by atoms with Gasteiger partial charge in [-0.2, -0.15) is 8.78 Å². The second-order valence-electron chi connectivity index (χ2n) is 4.51. The highest BCUT2D eigenvalue weighted by atomic mass is 35.5. The van der Waals surface area contributed by atoms with Crippen LogP contribution in [0.5, 0.6) is 5.75 Å². The molecule has 1 heterocycles. The van der Waals surface area contributed by atoms with Crippen LogP contribution in [0.25, 0.3) is 0 Å². The van der Waals surface area contributed by atoms with Crippen molar-refractivity contribution in [1.82, 2.24) is 10.6 Å². The van der Waals surface area contributed by atoms with Gasteiger partial charge in [0.05, 0.1) is 0 Å². The Balaban J connectivity index is 2.00. The van der Waals surface area contributed by atoms with Crippen LogP contribution in [0.3, 0.4) is 0 Å². The standard InChI is InChI=1S/C13H13ClF2N2O3/c14-8-1-3-10(21-13(15)16)7(5-8)6-17-12(20)9-2-4-11(19)18-9/h1,3,5,9,13H,2,4,6H2,(H,17,20)(H,18,19)/t9-/m0/s1. The van der Waals surface area contributed by atoms with E-state index in [1.54, 1.807) is 0 Å². The van der Waals surface area contributed by atoms with E-state index in [4.69, 9.17) is 11.6 Å². The van der Waals surface area contributed by atoms with Crippen LogP contribution in [0.15, 0.2) is 18.2 Å².